The number of carbonyl (C=O) groups is 1. The molecule has 0 amide bonds. The summed E-state index contributed by atoms with van der Waals surface area (Å²) in [5, 5.41) is 0.577. The Labute approximate surface area is 95.2 Å². The lowest BCUT2D eigenvalue weighted by atomic mass is 10.0. The van der Waals surface area contributed by atoms with Crippen LogP contribution in [0.4, 0.5) is 0 Å². The largest absolute Gasteiger partial charge is 0.496 e. The molecule has 0 aliphatic heterocycles. The number of hydrogen-bond donors (Lipinski definition) is 0. The molecular formula is C12H15ClO2. The van der Waals surface area contributed by atoms with Gasteiger partial charge in [0.2, 0.25) is 0 Å². The van der Waals surface area contributed by atoms with Crippen LogP contribution in [0.5, 0.6) is 5.75 Å². The molecule has 0 N–H and O–H groups in total. The number of benzene rings is 1. The molecule has 15 heavy (non-hydrogen) atoms. The van der Waals surface area contributed by atoms with E-state index in [0.717, 1.165) is 0 Å². The second-order valence-corrected chi connectivity index (χ2v) is 4.30. The third-order valence-corrected chi connectivity index (χ3v) is 2.29. The second kappa shape index (κ2) is 5.17. The number of methoxy groups -OCH3 is 1. The maximum absolute atomic E-state index is 11.8. The predicted molar refractivity (Wildman–Crippen MR) is 61.8 cm³/mol. The minimum absolute atomic E-state index is 0.0958. The number of halogens is 1. The van der Waals surface area contributed by atoms with Gasteiger partial charge in [0.15, 0.2) is 5.78 Å². The van der Waals surface area contributed by atoms with Gasteiger partial charge in [0.25, 0.3) is 0 Å². The molecule has 0 heterocycles. The van der Waals surface area contributed by atoms with Crippen LogP contribution in [0.15, 0.2) is 18.2 Å². The Morgan fingerprint density at radius 2 is 2.13 bits per heavy atom. The number of Topliss-reactive ketones (excluding diaryl/α,β-unsaturated/α-hetero) is 1. The van der Waals surface area contributed by atoms with Crippen molar-refractivity contribution in [3.05, 3.63) is 28.8 Å². The monoisotopic (exact) mass is 226 g/mol. The van der Waals surface area contributed by atoms with Gasteiger partial charge in [-0.25, -0.2) is 0 Å². The van der Waals surface area contributed by atoms with E-state index in [9.17, 15) is 4.79 Å². The molecular weight excluding hydrogens is 212 g/mol. The van der Waals surface area contributed by atoms with Crippen molar-refractivity contribution in [3.63, 3.8) is 0 Å². The highest BCUT2D eigenvalue weighted by Crippen LogP contribution is 2.25. The van der Waals surface area contributed by atoms with Gasteiger partial charge in [-0.1, -0.05) is 25.4 Å². The standard InChI is InChI=1S/C12H15ClO2/c1-8(2)6-11(14)10-5-4-9(13)7-12(10)15-3/h4-5,7-8H,6H2,1-3H3. The molecule has 1 aromatic carbocycles. The van der Waals surface area contributed by atoms with E-state index in [4.69, 9.17) is 16.3 Å². The molecule has 0 spiro atoms. The summed E-state index contributed by atoms with van der Waals surface area (Å²) < 4.78 is 5.12. The van der Waals surface area contributed by atoms with E-state index in [1.807, 2.05) is 13.8 Å². The Bertz CT molecular complexity index is 359. The molecule has 1 aromatic rings. The Hall–Kier alpha value is -1.02. The summed E-state index contributed by atoms with van der Waals surface area (Å²) in [5.74, 6) is 0.990. The smallest absolute Gasteiger partial charge is 0.166 e. The number of ether oxygens (including phenoxy) is 1. The summed E-state index contributed by atoms with van der Waals surface area (Å²) in [7, 11) is 1.54. The molecule has 0 aromatic heterocycles. The average Bonchev–Trinajstić information content (AvgIpc) is 2.16. The number of ketones is 1. The minimum Gasteiger partial charge on any atom is -0.496 e. The molecule has 3 heteroatoms. The Morgan fingerprint density at radius 1 is 1.47 bits per heavy atom. The van der Waals surface area contributed by atoms with Crippen LogP contribution >= 0.6 is 11.6 Å². The summed E-state index contributed by atoms with van der Waals surface area (Å²) in [4.78, 5) is 11.8. The molecule has 82 valence electrons. The fraction of sp³-hybridized carbons (Fsp3) is 0.417. The normalized spacial score (nSPS) is 10.5. The highest BCUT2D eigenvalue weighted by Gasteiger charge is 2.13. The van der Waals surface area contributed by atoms with Gasteiger partial charge in [-0.15, -0.1) is 0 Å². The van der Waals surface area contributed by atoms with Gasteiger partial charge < -0.3 is 4.74 Å². The van der Waals surface area contributed by atoms with Crippen molar-refractivity contribution in [2.24, 2.45) is 5.92 Å². The molecule has 0 aliphatic rings. The lowest BCUT2D eigenvalue weighted by Crippen LogP contribution is -2.05. The van der Waals surface area contributed by atoms with Crippen LogP contribution in [0.3, 0.4) is 0 Å². The summed E-state index contributed by atoms with van der Waals surface area (Å²) in [6, 6.07) is 5.08. The number of hydrogen-bond acceptors (Lipinski definition) is 2. The van der Waals surface area contributed by atoms with E-state index in [1.54, 1.807) is 18.2 Å². The highest BCUT2D eigenvalue weighted by atomic mass is 35.5. The van der Waals surface area contributed by atoms with E-state index in [2.05, 4.69) is 0 Å². The zero-order chi connectivity index (χ0) is 11.4. The van der Waals surface area contributed by atoms with Gasteiger partial charge >= 0.3 is 0 Å². The first-order valence-electron chi connectivity index (χ1n) is 4.91. The molecule has 0 saturated carbocycles. The fourth-order valence-electron chi connectivity index (χ4n) is 1.38. The first-order chi connectivity index (χ1) is 7.04. The quantitative estimate of drug-likeness (QED) is 0.734. The minimum atomic E-state index is 0.0958. The SMILES string of the molecule is COc1cc(Cl)ccc1C(=O)CC(C)C. The Balaban J connectivity index is 2.97. The third-order valence-electron chi connectivity index (χ3n) is 2.06. The van der Waals surface area contributed by atoms with Gasteiger partial charge in [0.1, 0.15) is 5.75 Å². The van der Waals surface area contributed by atoms with Crippen molar-refractivity contribution < 1.29 is 9.53 Å². The fourth-order valence-corrected chi connectivity index (χ4v) is 1.54. The van der Waals surface area contributed by atoms with Crippen LogP contribution in [-0.2, 0) is 0 Å². The van der Waals surface area contributed by atoms with Crippen molar-refractivity contribution >= 4 is 17.4 Å². The van der Waals surface area contributed by atoms with E-state index in [0.29, 0.717) is 28.7 Å². The maximum Gasteiger partial charge on any atom is 0.166 e. The Kier molecular flexibility index (Phi) is 4.15. The van der Waals surface area contributed by atoms with Gasteiger partial charge in [0.05, 0.1) is 12.7 Å². The molecule has 0 bridgehead atoms. The van der Waals surface area contributed by atoms with Crippen molar-refractivity contribution in [1.82, 2.24) is 0 Å². The topological polar surface area (TPSA) is 26.3 Å². The van der Waals surface area contributed by atoms with Gasteiger partial charge in [-0.05, 0) is 24.1 Å². The summed E-state index contributed by atoms with van der Waals surface area (Å²) >= 11 is 5.81. The van der Waals surface area contributed by atoms with Crippen molar-refractivity contribution in [2.75, 3.05) is 7.11 Å². The van der Waals surface area contributed by atoms with E-state index in [1.165, 1.54) is 7.11 Å². The summed E-state index contributed by atoms with van der Waals surface area (Å²) in [6.45, 7) is 4.03. The van der Waals surface area contributed by atoms with Gasteiger partial charge in [-0.2, -0.15) is 0 Å². The second-order valence-electron chi connectivity index (χ2n) is 3.87. The van der Waals surface area contributed by atoms with E-state index >= 15 is 0 Å². The van der Waals surface area contributed by atoms with Crippen molar-refractivity contribution in [3.8, 4) is 5.75 Å². The maximum atomic E-state index is 11.8. The molecule has 1 rings (SSSR count). The van der Waals surface area contributed by atoms with Crippen LogP contribution in [-0.4, -0.2) is 12.9 Å². The molecule has 0 radical (unpaired) electrons. The van der Waals surface area contributed by atoms with Crippen LogP contribution in [0.1, 0.15) is 30.6 Å². The van der Waals surface area contributed by atoms with Crippen molar-refractivity contribution in [1.29, 1.82) is 0 Å². The third kappa shape index (κ3) is 3.24. The predicted octanol–water partition coefficient (Wildman–Crippen LogP) is 3.58. The van der Waals surface area contributed by atoms with Crippen LogP contribution in [0.2, 0.25) is 5.02 Å². The highest BCUT2D eigenvalue weighted by molar-refractivity contribution is 6.30. The van der Waals surface area contributed by atoms with Crippen LogP contribution in [0, 0.1) is 5.92 Å². The average molecular weight is 227 g/mol. The molecule has 0 unspecified atom stereocenters. The zero-order valence-electron chi connectivity index (χ0n) is 9.21. The Morgan fingerprint density at radius 3 is 2.67 bits per heavy atom. The first-order valence-corrected chi connectivity index (χ1v) is 5.29. The first kappa shape index (κ1) is 12.1. The molecule has 0 atom stereocenters. The zero-order valence-corrected chi connectivity index (χ0v) is 9.97. The number of rotatable bonds is 4. The summed E-state index contributed by atoms with van der Waals surface area (Å²) in [6.07, 6.45) is 0.526. The molecule has 0 fully saturated rings. The number of carbonyl (C=O) groups excluding carboxylic acids is 1. The van der Waals surface area contributed by atoms with Crippen LogP contribution in [0.25, 0.3) is 0 Å². The van der Waals surface area contributed by atoms with Crippen LogP contribution < -0.4 is 4.74 Å². The lowest BCUT2D eigenvalue weighted by Gasteiger charge is -2.09. The van der Waals surface area contributed by atoms with E-state index < -0.39 is 0 Å². The molecule has 2 nitrogen and oxygen atoms in total. The summed E-state index contributed by atoms with van der Waals surface area (Å²) in [5.41, 5.74) is 0.607. The van der Waals surface area contributed by atoms with E-state index in [-0.39, 0.29) is 5.78 Å². The molecule has 0 saturated heterocycles. The van der Waals surface area contributed by atoms with Gasteiger partial charge in [0, 0.05) is 11.4 Å². The van der Waals surface area contributed by atoms with Crippen molar-refractivity contribution in [2.45, 2.75) is 20.3 Å². The molecule has 0 aliphatic carbocycles. The lowest BCUT2D eigenvalue weighted by molar-refractivity contribution is 0.0965. The van der Waals surface area contributed by atoms with Gasteiger partial charge in [-0.3, -0.25) is 4.79 Å².